The molecule has 0 amide bonds. The maximum absolute atomic E-state index is 12.2. The molecule has 2 aromatic heterocycles. The van der Waals surface area contributed by atoms with Gasteiger partial charge in [-0.25, -0.2) is 14.9 Å². The summed E-state index contributed by atoms with van der Waals surface area (Å²) in [4.78, 5) is 30.7. The number of hydrogen-bond donors (Lipinski definition) is 4. The van der Waals surface area contributed by atoms with Crippen LogP contribution in [0.2, 0.25) is 0 Å². The number of fused-ring (bicyclic) bond motifs is 1. The summed E-state index contributed by atoms with van der Waals surface area (Å²) in [5.74, 6) is -0.350. The summed E-state index contributed by atoms with van der Waals surface area (Å²) in [6.07, 6.45) is 0. The zero-order valence-corrected chi connectivity index (χ0v) is 15.8. The highest BCUT2D eigenvalue weighted by Gasteiger charge is 2.15. The van der Waals surface area contributed by atoms with Crippen molar-refractivity contribution in [2.45, 2.75) is 13.5 Å². The van der Waals surface area contributed by atoms with E-state index in [0.29, 0.717) is 34.6 Å². The molecule has 0 aliphatic heterocycles. The van der Waals surface area contributed by atoms with Gasteiger partial charge in [0, 0.05) is 0 Å². The smallest absolute Gasteiger partial charge is 0.335 e. The molecule has 4 N–H and O–H groups in total. The van der Waals surface area contributed by atoms with Crippen LogP contribution in [0.3, 0.4) is 0 Å². The van der Waals surface area contributed by atoms with Gasteiger partial charge in [0.1, 0.15) is 11.6 Å². The summed E-state index contributed by atoms with van der Waals surface area (Å²) in [6.45, 7) is 1.91. The van der Waals surface area contributed by atoms with E-state index in [4.69, 9.17) is 4.74 Å². The average molecular weight is 407 g/mol. The van der Waals surface area contributed by atoms with E-state index < -0.39 is 11.5 Å². The van der Waals surface area contributed by atoms with Crippen molar-refractivity contribution >= 4 is 17.1 Å². The van der Waals surface area contributed by atoms with Crippen molar-refractivity contribution in [3.63, 3.8) is 0 Å². The maximum Gasteiger partial charge on any atom is 0.335 e. The number of nitrogens with zero attached hydrogens (tertiary/aromatic N) is 3. The van der Waals surface area contributed by atoms with Crippen molar-refractivity contribution in [3.05, 3.63) is 57.9 Å². The number of aliphatic hydroxyl groups excluding tert-OH is 1. The number of aliphatic hydroxyl groups is 1. The molecular formula is C20H17N5O5. The van der Waals surface area contributed by atoms with Gasteiger partial charge in [-0.1, -0.05) is 11.3 Å². The van der Waals surface area contributed by atoms with Crippen LogP contribution in [-0.4, -0.2) is 48.2 Å². The van der Waals surface area contributed by atoms with E-state index in [-0.39, 0.29) is 29.2 Å². The summed E-state index contributed by atoms with van der Waals surface area (Å²) >= 11 is 0. The van der Waals surface area contributed by atoms with Crippen LogP contribution in [0.4, 0.5) is 0 Å². The average Bonchev–Trinajstić information content (AvgIpc) is 3.23. The molecule has 0 saturated carbocycles. The third-order valence-electron chi connectivity index (χ3n) is 4.49. The Kier molecular flexibility index (Phi) is 4.98. The molecule has 0 aliphatic rings. The highest BCUT2D eigenvalue weighted by atomic mass is 16.5. The molecule has 0 spiro atoms. The third kappa shape index (κ3) is 3.51. The first-order chi connectivity index (χ1) is 14.5. The van der Waals surface area contributed by atoms with E-state index in [0.717, 1.165) is 0 Å². The van der Waals surface area contributed by atoms with E-state index in [1.54, 1.807) is 24.3 Å². The fourth-order valence-corrected chi connectivity index (χ4v) is 3.13. The van der Waals surface area contributed by atoms with Crippen LogP contribution in [0.25, 0.3) is 33.7 Å². The van der Waals surface area contributed by atoms with Crippen molar-refractivity contribution in [3.8, 4) is 28.3 Å². The van der Waals surface area contributed by atoms with E-state index in [2.05, 4.69) is 25.4 Å². The summed E-state index contributed by atoms with van der Waals surface area (Å²) in [6, 6.07) is 9.87. The second-order valence-electron chi connectivity index (χ2n) is 6.45. The lowest BCUT2D eigenvalue weighted by Crippen LogP contribution is -2.10. The lowest BCUT2D eigenvalue weighted by atomic mass is 9.98. The van der Waals surface area contributed by atoms with Crippen LogP contribution in [0.15, 0.2) is 41.2 Å². The standard InChI is InChI=1S/C20H17N5O5/c1-2-30-15-8-11(12-5-10(9-26)6-13(7-12)20(28)29)3-4-14(15)17-21-18-16(19(27)22-17)23-25-24-18/h3-8,26H,2,9H2,1H3,(H,28,29)(H2,21,22,23,24,25,27). The van der Waals surface area contributed by atoms with Gasteiger partial charge in [-0.3, -0.25) is 4.79 Å². The molecule has 4 aromatic rings. The fourth-order valence-electron chi connectivity index (χ4n) is 3.13. The number of aromatic nitrogens is 5. The largest absolute Gasteiger partial charge is 0.493 e. The minimum atomic E-state index is -1.09. The topological polar surface area (TPSA) is 154 Å². The first-order valence-corrected chi connectivity index (χ1v) is 9.07. The van der Waals surface area contributed by atoms with Crippen molar-refractivity contribution in [2.24, 2.45) is 0 Å². The monoisotopic (exact) mass is 407 g/mol. The lowest BCUT2D eigenvalue weighted by molar-refractivity contribution is 0.0696. The fraction of sp³-hybridized carbons (Fsp3) is 0.150. The van der Waals surface area contributed by atoms with Gasteiger partial charge >= 0.3 is 5.97 Å². The Bertz CT molecular complexity index is 1310. The molecule has 10 heteroatoms. The number of nitrogens with one attached hydrogen (secondary N) is 2. The number of ether oxygens (including phenoxy) is 1. The Balaban J connectivity index is 1.85. The van der Waals surface area contributed by atoms with Crippen molar-refractivity contribution in [2.75, 3.05) is 6.61 Å². The number of carboxylic acid groups (broad SMARTS) is 1. The molecule has 10 nitrogen and oxygen atoms in total. The zero-order valence-electron chi connectivity index (χ0n) is 15.8. The van der Waals surface area contributed by atoms with Gasteiger partial charge in [-0.15, -0.1) is 5.10 Å². The second-order valence-corrected chi connectivity index (χ2v) is 6.45. The van der Waals surface area contributed by atoms with Crippen molar-refractivity contribution < 1.29 is 19.7 Å². The number of aromatic amines is 2. The highest BCUT2D eigenvalue weighted by Crippen LogP contribution is 2.33. The Hall–Kier alpha value is -4.05. The van der Waals surface area contributed by atoms with Gasteiger partial charge in [0.05, 0.1) is 24.3 Å². The number of carbonyl (C=O) groups is 1. The summed E-state index contributed by atoms with van der Waals surface area (Å²) in [5, 5.41) is 28.7. The van der Waals surface area contributed by atoms with Crippen LogP contribution in [0.5, 0.6) is 5.75 Å². The molecule has 0 aliphatic carbocycles. The third-order valence-corrected chi connectivity index (χ3v) is 4.49. The molecule has 30 heavy (non-hydrogen) atoms. The predicted molar refractivity (Wildman–Crippen MR) is 107 cm³/mol. The molecule has 0 atom stereocenters. The molecule has 0 radical (unpaired) electrons. The van der Waals surface area contributed by atoms with Crippen LogP contribution in [-0.2, 0) is 6.61 Å². The van der Waals surface area contributed by atoms with Gasteiger partial charge in [-0.05, 0) is 53.9 Å². The quantitative estimate of drug-likeness (QED) is 0.378. The lowest BCUT2D eigenvalue weighted by Gasteiger charge is -2.13. The second kappa shape index (κ2) is 7.76. The van der Waals surface area contributed by atoms with Crippen LogP contribution < -0.4 is 10.3 Å². The first kappa shape index (κ1) is 19.3. The van der Waals surface area contributed by atoms with Gasteiger partial charge in [0.2, 0.25) is 0 Å². The van der Waals surface area contributed by atoms with Crippen LogP contribution >= 0.6 is 0 Å². The Morgan fingerprint density at radius 2 is 2.00 bits per heavy atom. The predicted octanol–water partition coefficient (Wildman–Crippen LogP) is 1.96. The molecule has 0 unspecified atom stereocenters. The SMILES string of the molecule is CCOc1cc(-c2cc(CO)cc(C(=O)O)c2)ccc1-c1nc2[nH]nnc2c(=O)[nH]1. The number of rotatable bonds is 6. The molecule has 0 fully saturated rings. The first-order valence-electron chi connectivity index (χ1n) is 9.07. The summed E-state index contributed by atoms with van der Waals surface area (Å²) in [7, 11) is 0. The Labute approximate surface area is 169 Å². The molecule has 2 heterocycles. The number of benzene rings is 2. The van der Waals surface area contributed by atoms with Crippen LogP contribution in [0, 0.1) is 0 Å². The number of aromatic carboxylic acids is 1. The molecule has 152 valence electrons. The minimum absolute atomic E-state index is 0.0711. The van der Waals surface area contributed by atoms with Gasteiger partial charge < -0.3 is 19.9 Å². The van der Waals surface area contributed by atoms with E-state index in [9.17, 15) is 19.8 Å². The van der Waals surface area contributed by atoms with Gasteiger partial charge in [-0.2, -0.15) is 0 Å². The zero-order chi connectivity index (χ0) is 21.3. The van der Waals surface area contributed by atoms with Gasteiger partial charge in [0.25, 0.3) is 5.56 Å². The number of hydrogen-bond acceptors (Lipinski definition) is 7. The Morgan fingerprint density at radius 3 is 2.73 bits per heavy atom. The maximum atomic E-state index is 12.2. The summed E-state index contributed by atoms with van der Waals surface area (Å²) < 4.78 is 5.75. The van der Waals surface area contributed by atoms with E-state index in [1.807, 2.05) is 6.92 Å². The highest BCUT2D eigenvalue weighted by molar-refractivity contribution is 5.90. The van der Waals surface area contributed by atoms with Crippen LogP contribution in [0.1, 0.15) is 22.8 Å². The summed E-state index contributed by atoms with van der Waals surface area (Å²) in [5.41, 5.74) is 2.32. The normalized spacial score (nSPS) is 11.0. The number of carboxylic acids is 1. The molecular weight excluding hydrogens is 390 g/mol. The van der Waals surface area contributed by atoms with Crippen molar-refractivity contribution in [1.29, 1.82) is 0 Å². The Morgan fingerprint density at radius 1 is 1.17 bits per heavy atom. The van der Waals surface area contributed by atoms with Gasteiger partial charge in [0.15, 0.2) is 11.2 Å². The molecule has 0 bridgehead atoms. The van der Waals surface area contributed by atoms with E-state index >= 15 is 0 Å². The minimum Gasteiger partial charge on any atom is -0.493 e. The molecule has 4 rings (SSSR count). The van der Waals surface area contributed by atoms with Crippen molar-refractivity contribution in [1.82, 2.24) is 25.4 Å². The molecule has 2 aromatic carbocycles. The van der Waals surface area contributed by atoms with E-state index in [1.165, 1.54) is 12.1 Å². The molecule has 0 saturated heterocycles. The number of H-pyrrole nitrogens is 2.